The van der Waals surface area contributed by atoms with Gasteiger partial charge in [0.05, 0.1) is 0 Å². The Labute approximate surface area is 114 Å². The van der Waals surface area contributed by atoms with Crippen LogP contribution in [0.5, 0.6) is 0 Å². The monoisotopic (exact) mass is 252 g/mol. The number of nitrogens with zero attached hydrogens (tertiary/aromatic N) is 1. The molecule has 0 radical (unpaired) electrons. The summed E-state index contributed by atoms with van der Waals surface area (Å²) in [6, 6.07) is 2.37. The van der Waals surface area contributed by atoms with Crippen molar-refractivity contribution in [3.8, 4) is 0 Å². The van der Waals surface area contributed by atoms with Crippen LogP contribution in [0.2, 0.25) is 0 Å². The molecule has 0 aromatic heterocycles. The zero-order chi connectivity index (χ0) is 13.2. The van der Waals surface area contributed by atoms with E-state index < -0.39 is 0 Å². The maximum Gasteiger partial charge on any atom is 0.0274 e. The molecular weight excluding hydrogens is 220 g/mol. The highest BCUT2D eigenvalue weighted by molar-refractivity contribution is 5.01. The molecule has 0 bridgehead atoms. The summed E-state index contributed by atoms with van der Waals surface area (Å²) in [7, 11) is 0. The summed E-state index contributed by atoms with van der Waals surface area (Å²) in [5.41, 5.74) is 0.459. The summed E-state index contributed by atoms with van der Waals surface area (Å²) in [5, 5.41) is 3.87. The van der Waals surface area contributed by atoms with Crippen LogP contribution in [-0.2, 0) is 0 Å². The molecule has 18 heavy (non-hydrogen) atoms. The second-order valence-electron chi connectivity index (χ2n) is 6.94. The minimum atomic E-state index is 0.459. The van der Waals surface area contributed by atoms with Gasteiger partial charge >= 0.3 is 0 Å². The largest absolute Gasteiger partial charge is 0.312 e. The molecule has 0 aromatic rings. The highest BCUT2D eigenvalue weighted by Gasteiger charge is 2.44. The van der Waals surface area contributed by atoms with Crippen molar-refractivity contribution < 1.29 is 0 Å². The Balaban J connectivity index is 2.08. The Morgan fingerprint density at radius 1 is 1.17 bits per heavy atom. The van der Waals surface area contributed by atoms with Gasteiger partial charge < -0.3 is 5.32 Å². The fourth-order valence-corrected chi connectivity index (χ4v) is 3.85. The van der Waals surface area contributed by atoms with Crippen LogP contribution in [0, 0.1) is 5.41 Å². The van der Waals surface area contributed by atoms with Gasteiger partial charge in [-0.05, 0) is 50.6 Å². The van der Waals surface area contributed by atoms with Crippen LogP contribution in [0.15, 0.2) is 0 Å². The summed E-state index contributed by atoms with van der Waals surface area (Å²) < 4.78 is 0. The minimum Gasteiger partial charge on any atom is -0.312 e. The first-order chi connectivity index (χ1) is 8.60. The second-order valence-corrected chi connectivity index (χ2v) is 6.94. The number of rotatable bonds is 6. The Kier molecular flexibility index (Phi) is 4.71. The zero-order valence-electron chi connectivity index (χ0n) is 12.8. The first-order valence-electron chi connectivity index (χ1n) is 8.09. The maximum absolute atomic E-state index is 3.87. The number of hydrogen-bond acceptors (Lipinski definition) is 2. The highest BCUT2D eigenvalue weighted by atomic mass is 15.2. The van der Waals surface area contributed by atoms with Gasteiger partial charge in [-0.3, -0.25) is 4.90 Å². The van der Waals surface area contributed by atoms with Crippen LogP contribution in [0.4, 0.5) is 0 Å². The summed E-state index contributed by atoms with van der Waals surface area (Å²) in [5.74, 6) is 0. The van der Waals surface area contributed by atoms with E-state index in [1.165, 1.54) is 51.6 Å². The SMILES string of the molecule is CCCNC1C(N(CC)C2CC2)CCCC1(C)C. The molecule has 0 heterocycles. The van der Waals surface area contributed by atoms with E-state index in [0.717, 1.165) is 12.1 Å². The predicted octanol–water partition coefficient (Wildman–Crippen LogP) is 3.42. The van der Waals surface area contributed by atoms with Gasteiger partial charge in [-0.25, -0.2) is 0 Å². The van der Waals surface area contributed by atoms with E-state index in [4.69, 9.17) is 0 Å². The molecule has 106 valence electrons. The molecule has 0 spiro atoms. The molecule has 2 atom stereocenters. The number of likely N-dealkylation sites (N-methyl/N-ethyl adjacent to an activating group) is 1. The number of hydrogen-bond donors (Lipinski definition) is 1. The lowest BCUT2D eigenvalue weighted by Gasteiger charge is -2.49. The fraction of sp³-hybridized carbons (Fsp3) is 1.00. The van der Waals surface area contributed by atoms with Crippen LogP contribution >= 0.6 is 0 Å². The number of nitrogens with one attached hydrogen (secondary N) is 1. The van der Waals surface area contributed by atoms with E-state index in [2.05, 4.69) is 37.9 Å². The van der Waals surface area contributed by atoms with Crippen LogP contribution in [0.3, 0.4) is 0 Å². The summed E-state index contributed by atoms with van der Waals surface area (Å²) in [6.07, 6.45) is 8.30. The minimum absolute atomic E-state index is 0.459. The van der Waals surface area contributed by atoms with Crippen molar-refractivity contribution in [3.05, 3.63) is 0 Å². The molecule has 1 N–H and O–H groups in total. The first kappa shape index (κ1) is 14.3. The molecule has 2 aliphatic carbocycles. The predicted molar refractivity (Wildman–Crippen MR) is 78.9 cm³/mol. The Morgan fingerprint density at radius 2 is 1.89 bits per heavy atom. The Hall–Kier alpha value is -0.0800. The molecule has 2 fully saturated rings. The van der Waals surface area contributed by atoms with Crippen LogP contribution in [0.25, 0.3) is 0 Å². The molecule has 2 aliphatic rings. The molecule has 2 nitrogen and oxygen atoms in total. The third-order valence-electron chi connectivity index (χ3n) is 4.97. The van der Waals surface area contributed by atoms with Crippen LogP contribution in [0.1, 0.15) is 66.2 Å². The van der Waals surface area contributed by atoms with Crippen molar-refractivity contribution in [1.82, 2.24) is 10.2 Å². The Morgan fingerprint density at radius 3 is 2.44 bits per heavy atom. The third-order valence-corrected chi connectivity index (χ3v) is 4.97. The molecule has 2 heteroatoms. The zero-order valence-corrected chi connectivity index (χ0v) is 12.8. The van der Waals surface area contributed by atoms with E-state index >= 15 is 0 Å². The fourth-order valence-electron chi connectivity index (χ4n) is 3.85. The van der Waals surface area contributed by atoms with Gasteiger partial charge in [0.15, 0.2) is 0 Å². The molecule has 0 saturated heterocycles. The lowest BCUT2D eigenvalue weighted by atomic mass is 9.70. The van der Waals surface area contributed by atoms with Crippen molar-refractivity contribution in [2.24, 2.45) is 5.41 Å². The molecule has 2 rings (SSSR count). The molecule has 0 aromatic carbocycles. The van der Waals surface area contributed by atoms with Crippen molar-refractivity contribution in [2.45, 2.75) is 84.3 Å². The van der Waals surface area contributed by atoms with Crippen molar-refractivity contribution in [3.63, 3.8) is 0 Å². The standard InChI is InChI=1S/C16H32N2/c1-5-12-17-15-14(8-7-11-16(15,3)4)18(6-2)13-9-10-13/h13-15,17H,5-12H2,1-4H3. The van der Waals surface area contributed by atoms with E-state index in [9.17, 15) is 0 Å². The van der Waals surface area contributed by atoms with Gasteiger partial charge in [-0.15, -0.1) is 0 Å². The van der Waals surface area contributed by atoms with Crippen LogP contribution in [-0.4, -0.2) is 36.1 Å². The lowest BCUT2D eigenvalue weighted by Crippen LogP contribution is -2.59. The highest BCUT2D eigenvalue weighted by Crippen LogP contribution is 2.41. The van der Waals surface area contributed by atoms with Gasteiger partial charge in [0.1, 0.15) is 0 Å². The average molecular weight is 252 g/mol. The quantitative estimate of drug-likeness (QED) is 0.779. The van der Waals surface area contributed by atoms with Crippen molar-refractivity contribution in [2.75, 3.05) is 13.1 Å². The lowest BCUT2D eigenvalue weighted by molar-refractivity contribution is 0.0465. The summed E-state index contributed by atoms with van der Waals surface area (Å²) in [4.78, 5) is 2.80. The average Bonchev–Trinajstić information content (AvgIpc) is 3.13. The summed E-state index contributed by atoms with van der Waals surface area (Å²) >= 11 is 0. The molecule has 2 saturated carbocycles. The van der Waals surface area contributed by atoms with Crippen molar-refractivity contribution >= 4 is 0 Å². The van der Waals surface area contributed by atoms with Gasteiger partial charge in [-0.1, -0.05) is 34.1 Å². The molecule has 2 unspecified atom stereocenters. The maximum atomic E-state index is 3.87. The van der Waals surface area contributed by atoms with Gasteiger partial charge in [0, 0.05) is 18.1 Å². The molecular formula is C16H32N2. The summed E-state index contributed by atoms with van der Waals surface area (Å²) in [6.45, 7) is 12.0. The van der Waals surface area contributed by atoms with Gasteiger partial charge in [-0.2, -0.15) is 0 Å². The molecule has 0 amide bonds. The third kappa shape index (κ3) is 3.08. The van der Waals surface area contributed by atoms with Gasteiger partial charge in [0.2, 0.25) is 0 Å². The Bertz CT molecular complexity index is 258. The van der Waals surface area contributed by atoms with Crippen molar-refractivity contribution in [1.29, 1.82) is 0 Å². The van der Waals surface area contributed by atoms with Gasteiger partial charge in [0.25, 0.3) is 0 Å². The van der Waals surface area contributed by atoms with E-state index in [1.807, 2.05) is 0 Å². The smallest absolute Gasteiger partial charge is 0.0274 e. The normalized spacial score (nSPS) is 31.8. The molecule has 0 aliphatic heterocycles. The second kappa shape index (κ2) is 5.92. The van der Waals surface area contributed by atoms with Crippen LogP contribution < -0.4 is 5.32 Å². The first-order valence-corrected chi connectivity index (χ1v) is 8.09. The topological polar surface area (TPSA) is 15.3 Å². The van der Waals surface area contributed by atoms with E-state index in [-0.39, 0.29) is 0 Å². The van der Waals surface area contributed by atoms with E-state index in [1.54, 1.807) is 0 Å². The van der Waals surface area contributed by atoms with E-state index in [0.29, 0.717) is 11.5 Å².